The second-order valence-corrected chi connectivity index (χ2v) is 16.5. The summed E-state index contributed by atoms with van der Waals surface area (Å²) in [5, 5.41) is 8.82. The lowest BCUT2D eigenvalue weighted by Gasteiger charge is -2.40. The van der Waals surface area contributed by atoms with Crippen molar-refractivity contribution in [3.63, 3.8) is 0 Å². The van der Waals surface area contributed by atoms with Crippen LogP contribution in [0.15, 0.2) is 59.6 Å². The lowest BCUT2D eigenvalue weighted by atomic mass is 9.62. The van der Waals surface area contributed by atoms with Gasteiger partial charge in [-0.15, -0.1) is 0 Å². The molecule has 2 heterocycles. The Morgan fingerprint density at radius 3 is 2.46 bits per heavy atom. The maximum absolute atomic E-state index is 16.2. The molecular weight excluding hydrogens is 785 g/mol. The van der Waals surface area contributed by atoms with Crippen LogP contribution in [0, 0.1) is 17.0 Å². The summed E-state index contributed by atoms with van der Waals surface area (Å²) in [5.74, 6) is -4.63. The Kier molecular flexibility index (Phi) is 13.6. The van der Waals surface area contributed by atoms with E-state index in [9.17, 15) is 14.4 Å². The molecule has 0 bridgehead atoms. The van der Waals surface area contributed by atoms with Gasteiger partial charge < -0.3 is 39.6 Å². The van der Waals surface area contributed by atoms with Crippen molar-refractivity contribution in [1.29, 1.82) is 0 Å². The number of rotatable bonds is 12. The predicted octanol–water partition coefficient (Wildman–Crippen LogP) is 7.80. The Balaban J connectivity index is 1.42. The SMILES string of the molecule is CN=C[C@]1(c2ccc(Cl)cc2F)[C@H](CC(C)(C)C)N[C@@H](C(=O)Nc2ccc(C(=O)OC(C)OC(=O)NCC3COC(C)(C)O3)cc2OC)[C@@H]1c1cccc(Cl)c1F. The number of benzene rings is 3. The summed E-state index contributed by atoms with van der Waals surface area (Å²) < 4.78 is 59.6. The number of aliphatic imine (C=N–C) groups is 1. The Bertz CT molecular complexity index is 2010. The zero-order valence-electron chi connectivity index (χ0n) is 33.0. The van der Waals surface area contributed by atoms with Crippen molar-refractivity contribution in [2.45, 2.75) is 89.6 Å². The quantitative estimate of drug-likeness (QED) is 0.0946. The molecule has 2 unspecified atom stereocenters. The van der Waals surface area contributed by atoms with E-state index >= 15 is 8.78 Å². The van der Waals surface area contributed by atoms with E-state index in [2.05, 4.69) is 20.9 Å². The number of nitrogens with one attached hydrogen (secondary N) is 3. The first-order chi connectivity index (χ1) is 26.8. The molecule has 2 aliphatic heterocycles. The minimum absolute atomic E-state index is 0.0268. The van der Waals surface area contributed by atoms with Crippen LogP contribution >= 0.6 is 23.2 Å². The number of carbonyl (C=O) groups is 3. The largest absolute Gasteiger partial charge is 0.495 e. The third-order valence-corrected chi connectivity index (χ3v) is 10.3. The minimum Gasteiger partial charge on any atom is -0.495 e. The lowest BCUT2D eigenvalue weighted by Crippen LogP contribution is -2.47. The first kappa shape index (κ1) is 43.8. The van der Waals surface area contributed by atoms with Crippen molar-refractivity contribution in [1.82, 2.24) is 10.6 Å². The van der Waals surface area contributed by atoms with E-state index in [0.29, 0.717) is 13.0 Å². The van der Waals surface area contributed by atoms with Crippen LogP contribution in [0.25, 0.3) is 0 Å². The highest BCUT2D eigenvalue weighted by molar-refractivity contribution is 6.31. The summed E-state index contributed by atoms with van der Waals surface area (Å²) in [6.45, 7) is 11.3. The number of carbonyl (C=O) groups excluding carboxylic acids is 3. The Labute approximate surface area is 340 Å². The van der Waals surface area contributed by atoms with Crippen LogP contribution in [0.5, 0.6) is 5.75 Å². The number of nitrogens with zero attached hydrogens (tertiary/aromatic N) is 1. The summed E-state index contributed by atoms with van der Waals surface area (Å²) in [6.07, 6.45) is -0.482. The molecule has 0 spiro atoms. The maximum atomic E-state index is 16.2. The molecule has 16 heteroatoms. The molecular formula is C41H48Cl2F2N4O8. The maximum Gasteiger partial charge on any atom is 0.410 e. The van der Waals surface area contributed by atoms with Gasteiger partial charge in [-0.3, -0.25) is 9.79 Å². The average Bonchev–Trinajstić information content (AvgIpc) is 3.63. The van der Waals surface area contributed by atoms with Crippen LogP contribution in [0.2, 0.25) is 10.0 Å². The number of anilines is 1. The third-order valence-electron chi connectivity index (χ3n) is 9.74. The van der Waals surface area contributed by atoms with Gasteiger partial charge >= 0.3 is 12.1 Å². The highest BCUT2D eigenvalue weighted by atomic mass is 35.5. The average molecular weight is 834 g/mol. The van der Waals surface area contributed by atoms with Gasteiger partial charge in [0.2, 0.25) is 12.2 Å². The standard InChI is InChI=1S/C41H48Cl2F2N4O8/c1-22(56-38(52)47-19-25-20-54-40(5,6)57-25)55-37(51)23-12-15-30(31(16-23)53-8)48-36(50)35-33(26-10-9-11-28(43)34(26)45)41(21-46-7,32(49-35)18-39(2,3)4)27-14-13-24(42)17-29(27)44/h9-17,21-22,25,32-33,35,49H,18-20H2,1-8H3,(H,47,52)(H,48,50)/t22?,25?,32-,33-,35+,41-/m0/s1. The molecule has 0 aromatic heterocycles. The molecule has 0 radical (unpaired) electrons. The van der Waals surface area contributed by atoms with Gasteiger partial charge in [0.15, 0.2) is 5.79 Å². The fourth-order valence-electron chi connectivity index (χ4n) is 7.49. The fourth-order valence-corrected chi connectivity index (χ4v) is 7.83. The van der Waals surface area contributed by atoms with E-state index in [0.717, 1.165) is 0 Å². The Hall–Kier alpha value is -4.34. The van der Waals surface area contributed by atoms with Gasteiger partial charge in [0.05, 0.1) is 41.4 Å². The summed E-state index contributed by atoms with van der Waals surface area (Å²) in [5.41, 5.74) is -1.35. The lowest BCUT2D eigenvalue weighted by molar-refractivity contribution is -0.137. The smallest absolute Gasteiger partial charge is 0.410 e. The second-order valence-electron chi connectivity index (χ2n) is 15.6. The first-order valence-electron chi connectivity index (χ1n) is 18.3. The molecule has 3 aromatic carbocycles. The molecule has 6 atom stereocenters. The van der Waals surface area contributed by atoms with E-state index in [1.807, 2.05) is 20.8 Å². The molecule has 57 heavy (non-hydrogen) atoms. The topological polar surface area (TPSA) is 146 Å². The number of halogens is 4. The Morgan fingerprint density at radius 2 is 1.82 bits per heavy atom. The van der Waals surface area contributed by atoms with Crippen LogP contribution < -0.4 is 20.7 Å². The zero-order valence-corrected chi connectivity index (χ0v) is 34.5. The van der Waals surface area contributed by atoms with E-state index in [-0.39, 0.29) is 56.2 Å². The predicted molar refractivity (Wildman–Crippen MR) is 212 cm³/mol. The van der Waals surface area contributed by atoms with Crippen LogP contribution in [-0.2, 0) is 29.2 Å². The molecule has 0 aliphatic carbocycles. The van der Waals surface area contributed by atoms with Crippen LogP contribution in [0.1, 0.15) is 75.4 Å². The second kappa shape index (κ2) is 17.7. The van der Waals surface area contributed by atoms with Gasteiger partial charge in [-0.25, -0.2) is 18.4 Å². The Morgan fingerprint density at radius 1 is 1.09 bits per heavy atom. The number of alkyl carbamates (subject to hydrolysis) is 1. The molecule has 3 aromatic rings. The number of esters is 1. The van der Waals surface area contributed by atoms with Crippen molar-refractivity contribution in [2.24, 2.45) is 10.4 Å². The number of amides is 2. The number of methoxy groups -OCH3 is 1. The van der Waals surface area contributed by atoms with Gasteiger partial charge in [-0.1, -0.05) is 62.2 Å². The normalized spacial score (nSPS) is 23.6. The van der Waals surface area contributed by atoms with Crippen molar-refractivity contribution in [3.8, 4) is 5.75 Å². The number of hydrogen-bond acceptors (Lipinski definition) is 10. The first-order valence-corrected chi connectivity index (χ1v) is 19.1. The third kappa shape index (κ3) is 10.0. The van der Waals surface area contributed by atoms with Gasteiger partial charge in [0.25, 0.3) is 0 Å². The molecule has 2 amide bonds. The zero-order chi connectivity index (χ0) is 41.9. The van der Waals surface area contributed by atoms with Gasteiger partial charge in [0, 0.05) is 49.3 Å². The van der Waals surface area contributed by atoms with Crippen molar-refractivity contribution < 1.29 is 46.8 Å². The van der Waals surface area contributed by atoms with Crippen molar-refractivity contribution in [2.75, 3.05) is 32.6 Å². The summed E-state index contributed by atoms with van der Waals surface area (Å²) in [6, 6.07) is 11.1. The molecule has 12 nitrogen and oxygen atoms in total. The summed E-state index contributed by atoms with van der Waals surface area (Å²) in [4.78, 5) is 44.4. The highest BCUT2D eigenvalue weighted by Gasteiger charge is 2.59. The molecule has 308 valence electrons. The monoisotopic (exact) mass is 832 g/mol. The van der Waals surface area contributed by atoms with E-state index in [1.165, 1.54) is 63.5 Å². The van der Waals surface area contributed by atoms with Gasteiger partial charge in [0.1, 0.15) is 23.5 Å². The molecule has 0 saturated carbocycles. The molecule has 5 rings (SSSR count). The van der Waals surface area contributed by atoms with E-state index in [1.54, 1.807) is 32.2 Å². The molecule has 2 aliphatic rings. The minimum atomic E-state index is -1.42. The fraction of sp³-hybridized carbons (Fsp3) is 0.463. The van der Waals surface area contributed by atoms with Gasteiger partial charge in [-0.05, 0) is 67.6 Å². The number of hydrogen-bond donors (Lipinski definition) is 3. The van der Waals surface area contributed by atoms with Gasteiger partial charge in [-0.2, -0.15) is 0 Å². The molecule has 3 N–H and O–H groups in total. The molecule has 2 saturated heterocycles. The van der Waals surface area contributed by atoms with Crippen molar-refractivity contribution >= 4 is 53.1 Å². The van der Waals surface area contributed by atoms with Crippen LogP contribution in [-0.4, -0.2) is 81.8 Å². The summed E-state index contributed by atoms with van der Waals surface area (Å²) in [7, 11) is 2.88. The van der Waals surface area contributed by atoms with Crippen LogP contribution in [0.4, 0.5) is 19.3 Å². The number of ether oxygens (including phenoxy) is 5. The van der Waals surface area contributed by atoms with E-state index < -0.39 is 65.1 Å². The highest BCUT2D eigenvalue weighted by Crippen LogP contribution is 2.52. The summed E-state index contributed by atoms with van der Waals surface area (Å²) >= 11 is 12.5. The van der Waals surface area contributed by atoms with Crippen LogP contribution in [0.3, 0.4) is 0 Å². The van der Waals surface area contributed by atoms with Crippen molar-refractivity contribution in [3.05, 3.63) is 93.0 Å². The molecule has 2 fully saturated rings. The van der Waals surface area contributed by atoms with E-state index in [4.69, 9.17) is 46.9 Å².